The average Bonchev–Trinajstić information content (AvgIpc) is 2.40. The summed E-state index contributed by atoms with van der Waals surface area (Å²) in [7, 11) is 0. The van der Waals surface area contributed by atoms with E-state index in [0.717, 1.165) is 19.1 Å². The molecule has 2 N–H and O–H groups in total. The minimum absolute atomic E-state index is 0. The molecule has 116 valence electrons. The van der Waals surface area contributed by atoms with Gasteiger partial charge in [-0.15, -0.1) is 0 Å². The molecule has 0 spiro atoms. The van der Waals surface area contributed by atoms with Gasteiger partial charge >= 0.3 is 41.5 Å². The van der Waals surface area contributed by atoms with Crippen LogP contribution in [0.25, 0.3) is 0 Å². The second-order valence-electron chi connectivity index (χ2n) is 3.86. The summed E-state index contributed by atoms with van der Waals surface area (Å²) < 4.78 is 0. The van der Waals surface area contributed by atoms with Crippen molar-refractivity contribution in [2.45, 2.75) is 72.1 Å². The van der Waals surface area contributed by atoms with E-state index in [2.05, 4.69) is 6.92 Å². The van der Waals surface area contributed by atoms with Gasteiger partial charge in [0.2, 0.25) is 0 Å². The standard InChI is InChI=1S/C8H16O.2C3H6O2.Na.H/c1-2-3-4-5-6-7-8-9;2*1-2-3(4)5;;/h8H,2-7H2,1H3;2*2H2,1H3,(H,4,5);;/q;;;+1;-1. The van der Waals surface area contributed by atoms with Crippen molar-refractivity contribution < 1.29 is 55.6 Å². The van der Waals surface area contributed by atoms with Gasteiger partial charge in [-0.05, 0) is 6.42 Å². The molecule has 5 nitrogen and oxygen atoms in total. The molecule has 0 rings (SSSR count). The van der Waals surface area contributed by atoms with Gasteiger partial charge in [-0.1, -0.05) is 46.5 Å². The third-order valence-corrected chi connectivity index (χ3v) is 2.03. The van der Waals surface area contributed by atoms with Gasteiger partial charge in [-0.25, -0.2) is 0 Å². The molecule has 20 heavy (non-hydrogen) atoms. The second-order valence-corrected chi connectivity index (χ2v) is 3.86. The minimum atomic E-state index is -0.745. The number of carbonyl (C=O) groups excluding carboxylic acids is 1. The first-order chi connectivity index (χ1) is 8.95. The predicted molar refractivity (Wildman–Crippen MR) is 76.4 cm³/mol. The van der Waals surface area contributed by atoms with Crippen molar-refractivity contribution in [2.75, 3.05) is 0 Å². The van der Waals surface area contributed by atoms with Crippen LogP contribution in [-0.2, 0) is 14.4 Å². The van der Waals surface area contributed by atoms with E-state index in [-0.39, 0.29) is 43.8 Å². The van der Waals surface area contributed by atoms with Gasteiger partial charge in [0.1, 0.15) is 6.29 Å². The van der Waals surface area contributed by atoms with Crippen molar-refractivity contribution in [1.82, 2.24) is 0 Å². The second kappa shape index (κ2) is 27.0. The summed E-state index contributed by atoms with van der Waals surface area (Å²) in [5.41, 5.74) is 0. The first-order valence-electron chi connectivity index (χ1n) is 6.83. The number of carboxylic acids is 2. The molecule has 0 saturated carbocycles. The van der Waals surface area contributed by atoms with Crippen molar-refractivity contribution in [3.63, 3.8) is 0 Å². The molecule has 0 radical (unpaired) electrons. The minimum Gasteiger partial charge on any atom is -1.00 e. The van der Waals surface area contributed by atoms with Crippen molar-refractivity contribution >= 4 is 18.2 Å². The van der Waals surface area contributed by atoms with E-state index in [1.165, 1.54) is 25.7 Å². The molecule has 0 unspecified atom stereocenters. The van der Waals surface area contributed by atoms with Crippen LogP contribution in [0.3, 0.4) is 0 Å². The smallest absolute Gasteiger partial charge is 1.00 e. The fraction of sp³-hybridized carbons (Fsp3) is 0.786. The quantitative estimate of drug-likeness (QED) is 0.389. The molecule has 0 aromatic heterocycles. The van der Waals surface area contributed by atoms with Crippen LogP contribution in [0.1, 0.15) is 73.6 Å². The number of aldehydes is 1. The predicted octanol–water partition coefficient (Wildman–Crippen LogP) is 0.624. The van der Waals surface area contributed by atoms with Gasteiger partial charge in [0.05, 0.1) is 0 Å². The van der Waals surface area contributed by atoms with Crippen molar-refractivity contribution in [3.05, 3.63) is 0 Å². The molecule has 0 aromatic carbocycles. The van der Waals surface area contributed by atoms with E-state index in [9.17, 15) is 14.4 Å². The summed E-state index contributed by atoms with van der Waals surface area (Å²) >= 11 is 0. The zero-order chi connectivity index (χ0) is 15.5. The van der Waals surface area contributed by atoms with Crippen LogP contribution in [-0.4, -0.2) is 28.4 Å². The van der Waals surface area contributed by atoms with Gasteiger partial charge in [-0.2, -0.15) is 0 Å². The van der Waals surface area contributed by atoms with E-state index >= 15 is 0 Å². The monoisotopic (exact) mass is 300 g/mol. The van der Waals surface area contributed by atoms with E-state index in [1.807, 2.05) is 0 Å². The number of carboxylic acid groups (broad SMARTS) is 2. The zero-order valence-corrected chi connectivity index (χ0v) is 15.4. The van der Waals surface area contributed by atoms with Crippen LogP contribution >= 0.6 is 0 Å². The average molecular weight is 300 g/mol. The fourth-order valence-corrected chi connectivity index (χ4v) is 0.831. The number of unbranched alkanes of at least 4 members (excludes halogenated alkanes) is 5. The Kier molecular flexibility index (Phi) is 37.7. The topological polar surface area (TPSA) is 91.7 Å². The zero-order valence-electron chi connectivity index (χ0n) is 14.4. The molecular weight excluding hydrogens is 271 g/mol. The van der Waals surface area contributed by atoms with Crippen molar-refractivity contribution in [3.8, 4) is 0 Å². The molecule has 0 amide bonds. The van der Waals surface area contributed by atoms with Gasteiger partial charge < -0.3 is 16.4 Å². The van der Waals surface area contributed by atoms with Gasteiger partial charge in [0, 0.05) is 19.3 Å². The molecule has 0 aliphatic carbocycles. The number of rotatable bonds is 8. The molecule has 0 aromatic rings. The number of hydrogen-bond acceptors (Lipinski definition) is 3. The van der Waals surface area contributed by atoms with Gasteiger partial charge in [-0.3, -0.25) is 9.59 Å². The molecular formula is C14H29NaO5. The number of hydrogen-bond donors (Lipinski definition) is 2. The van der Waals surface area contributed by atoms with Crippen LogP contribution < -0.4 is 29.6 Å². The Morgan fingerprint density at radius 1 is 0.900 bits per heavy atom. The maximum atomic E-state index is 9.84. The van der Waals surface area contributed by atoms with Crippen LogP contribution in [0.2, 0.25) is 0 Å². The van der Waals surface area contributed by atoms with Crippen molar-refractivity contribution in [1.29, 1.82) is 0 Å². The summed E-state index contributed by atoms with van der Waals surface area (Å²) in [6.45, 7) is 5.39. The number of aliphatic carboxylic acids is 2. The summed E-state index contributed by atoms with van der Waals surface area (Å²) in [5, 5.41) is 15.4. The SMILES string of the molecule is CCC(=O)O.CCC(=O)O.CCCCCCCC=O.[H-].[Na+]. The van der Waals surface area contributed by atoms with Crippen LogP contribution in [0.15, 0.2) is 0 Å². The molecule has 0 fully saturated rings. The summed E-state index contributed by atoms with van der Waals surface area (Å²) in [5.74, 6) is -1.49. The molecule has 0 saturated heterocycles. The Morgan fingerprint density at radius 2 is 1.25 bits per heavy atom. The summed E-state index contributed by atoms with van der Waals surface area (Å²) in [4.78, 5) is 28.6. The Balaban J connectivity index is -0.0000000622. The largest absolute Gasteiger partial charge is 1.00 e. The van der Waals surface area contributed by atoms with Gasteiger partial charge in [0.15, 0.2) is 0 Å². The first-order valence-corrected chi connectivity index (χ1v) is 6.83. The third kappa shape index (κ3) is 52.6. The van der Waals surface area contributed by atoms with Crippen LogP contribution in [0.5, 0.6) is 0 Å². The summed E-state index contributed by atoms with van der Waals surface area (Å²) in [6, 6.07) is 0. The van der Waals surface area contributed by atoms with Crippen molar-refractivity contribution in [2.24, 2.45) is 0 Å². The van der Waals surface area contributed by atoms with Crippen LogP contribution in [0.4, 0.5) is 0 Å². The third-order valence-electron chi connectivity index (χ3n) is 2.03. The van der Waals surface area contributed by atoms with E-state index in [4.69, 9.17) is 10.2 Å². The normalized spacial score (nSPS) is 7.95. The maximum absolute atomic E-state index is 9.84. The number of carbonyl (C=O) groups is 3. The molecule has 0 aliphatic rings. The Labute approximate surface area is 145 Å². The molecule has 0 heterocycles. The molecule has 0 atom stereocenters. The fourth-order valence-electron chi connectivity index (χ4n) is 0.831. The van der Waals surface area contributed by atoms with E-state index < -0.39 is 11.9 Å². The molecule has 6 heteroatoms. The van der Waals surface area contributed by atoms with E-state index in [1.54, 1.807) is 13.8 Å². The van der Waals surface area contributed by atoms with E-state index in [0.29, 0.717) is 0 Å². The van der Waals surface area contributed by atoms with Gasteiger partial charge in [0.25, 0.3) is 0 Å². The van der Waals surface area contributed by atoms with Crippen LogP contribution in [0, 0.1) is 0 Å². The maximum Gasteiger partial charge on any atom is 1.00 e. The molecule has 0 bridgehead atoms. The molecule has 0 aliphatic heterocycles. The Morgan fingerprint density at radius 3 is 1.50 bits per heavy atom. The Hall–Kier alpha value is -0.390. The Bertz CT molecular complexity index is 211. The first kappa shape index (κ1) is 27.9. The summed E-state index contributed by atoms with van der Waals surface area (Å²) in [6.07, 6.45) is 8.41.